The van der Waals surface area contributed by atoms with Crippen LogP contribution in [0, 0.1) is 11.6 Å². The zero-order valence-corrected chi connectivity index (χ0v) is 26.5. The molecule has 0 spiro atoms. The molecular weight excluding hydrogens is 609 g/mol. The number of benzene rings is 2. The van der Waals surface area contributed by atoms with E-state index in [0.29, 0.717) is 46.0 Å². The fraction of sp³-hybridized carbons (Fsp3) is 0.483. The number of piperazine rings is 1. The van der Waals surface area contributed by atoms with Gasteiger partial charge in [0.2, 0.25) is 0 Å². The monoisotopic (exact) mass is 640 g/mol. The second-order valence-corrected chi connectivity index (χ2v) is 13.5. The van der Waals surface area contributed by atoms with E-state index in [0.717, 1.165) is 6.07 Å². The average Bonchev–Trinajstić information content (AvgIpc) is 2.89. The van der Waals surface area contributed by atoms with E-state index in [1.165, 1.54) is 17.8 Å². The number of thioether (sulfide) groups is 1. The minimum Gasteiger partial charge on any atom is -0.444 e. The maximum atomic E-state index is 15.2. The third kappa shape index (κ3) is 5.56. The highest BCUT2D eigenvalue weighted by Gasteiger charge is 2.38. The van der Waals surface area contributed by atoms with Crippen LogP contribution in [0.2, 0.25) is 10.0 Å². The van der Waals surface area contributed by atoms with E-state index in [9.17, 15) is 14.0 Å². The summed E-state index contributed by atoms with van der Waals surface area (Å²) in [5.41, 5.74) is -0.224. The van der Waals surface area contributed by atoms with E-state index in [2.05, 4.69) is 4.98 Å². The molecule has 0 N–H and O–H groups in total. The maximum Gasteiger partial charge on any atom is 0.410 e. The number of methoxy groups -OCH3 is 1. The van der Waals surface area contributed by atoms with Gasteiger partial charge >= 0.3 is 11.8 Å². The summed E-state index contributed by atoms with van der Waals surface area (Å²) in [6.45, 7) is 10.3. The van der Waals surface area contributed by atoms with Gasteiger partial charge in [-0.1, -0.05) is 23.2 Å². The molecule has 0 radical (unpaired) electrons. The highest BCUT2D eigenvalue weighted by molar-refractivity contribution is 7.99. The van der Waals surface area contributed by atoms with Crippen molar-refractivity contribution in [1.29, 1.82) is 0 Å². The zero-order valence-electron chi connectivity index (χ0n) is 24.1. The number of aromatic nitrogens is 2. The summed E-state index contributed by atoms with van der Waals surface area (Å²) < 4.78 is 41.8. The molecular formula is C29H32Cl2F2N4O4S. The quantitative estimate of drug-likeness (QED) is 0.291. The lowest BCUT2D eigenvalue weighted by molar-refractivity contribution is 0.0130. The van der Waals surface area contributed by atoms with Crippen molar-refractivity contribution in [3.8, 4) is 11.1 Å². The van der Waals surface area contributed by atoms with E-state index in [1.54, 1.807) is 22.6 Å². The lowest BCUT2D eigenvalue weighted by atomic mass is 10.0. The van der Waals surface area contributed by atoms with Crippen LogP contribution in [0.15, 0.2) is 27.9 Å². The van der Waals surface area contributed by atoms with Crippen molar-refractivity contribution in [2.45, 2.75) is 63.2 Å². The molecule has 13 heteroatoms. The number of hydrogen-bond donors (Lipinski definition) is 0. The molecule has 3 aromatic rings. The van der Waals surface area contributed by atoms with E-state index in [1.807, 2.05) is 39.5 Å². The Bertz CT molecular complexity index is 1630. The van der Waals surface area contributed by atoms with E-state index < -0.39 is 29.0 Å². The Morgan fingerprint density at radius 3 is 2.48 bits per heavy atom. The van der Waals surface area contributed by atoms with Gasteiger partial charge in [-0.05, 0) is 46.8 Å². The van der Waals surface area contributed by atoms with Gasteiger partial charge in [-0.15, -0.1) is 11.8 Å². The van der Waals surface area contributed by atoms with Crippen molar-refractivity contribution in [2.75, 3.05) is 37.5 Å². The topological polar surface area (TPSA) is 76.9 Å². The van der Waals surface area contributed by atoms with Gasteiger partial charge in [-0.25, -0.2) is 18.4 Å². The van der Waals surface area contributed by atoms with Crippen molar-refractivity contribution >= 4 is 57.8 Å². The Kier molecular flexibility index (Phi) is 8.43. The van der Waals surface area contributed by atoms with Gasteiger partial charge < -0.3 is 19.3 Å². The summed E-state index contributed by atoms with van der Waals surface area (Å²) in [6, 6.07) is 2.80. The van der Waals surface area contributed by atoms with Crippen LogP contribution < -0.4 is 10.6 Å². The lowest BCUT2D eigenvalue weighted by Crippen LogP contribution is -2.59. The molecule has 2 aliphatic rings. The molecule has 2 aliphatic heterocycles. The minimum atomic E-state index is -0.881. The third-order valence-electron chi connectivity index (χ3n) is 7.41. The molecule has 42 heavy (non-hydrogen) atoms. The molecule has 1 amide bonds. The van der Waals surface area contributed by atoms with Crippen LogP contribution in [0.4, 0.5) is 19.4 Å². The first-order chi connectivity index (χ1) is 19.7. The molecule has 8 nitrogen and oxygen atoms in total. The van der Waals surface area contributed by atoms with Crippen LogP contribution in [0.5, 0.6) is 0 Å². The average molecular weight is 642 g/mol. The van der Waals surface area contributed by atoms with E-state index in [4.69, 9.17) is 32.7 Å². The van der Waals surface area contributed by atoms with Gasteiger partial charge in [0.15, 0.2) is 0 Å². The fourth-order valence-electron chi connectivity index (χ4n) is 5.56. The number of carbonyl (C=O) groups excluding carboxylic acids is 1. The van der Waals surface area contributed by atoms with Crippen LogP contribution in [0.1, 0.15) is 40.7 Å². The highest BCUT2D eigenvalue weighted by atomic mass is 35.5. The molecule has 226 valence electrons. The Hall–Kier alpha value is -2.60. The fourth-order valence-corrected chi connectivity index (χ4v) is 7.39. The van der Waals surface area contributed by atoms with Gasteiger partial charge in [-0.2, -0.15) is 4.98 Å². The molecule has 0 bridgehead atoms. The molecule has 0 aliphatic carbocycles. The third-order valence-corrected chi connectivity index (χ3v) is 9.23. The number of carbonyl (C=O) groups is 1. The molecule has 0 saturated carbocycles. The summed E-state index contributed by atoms with van der Waals surface area (Å²) in [5.74, 6) is -0.838. The van der Waals surface area contributed by atoms with Crippen LogP contribution in [0.3, 0.4) is 0 Å². The Balaban J connectivity index is 1.69. The minimum absolute atomic E-state index is 0.0336. The van der Waals surface area contributed by atoms with Crippen molar-refractivity contribution in [2.24, 2.45) is 0 Å². The molecule has 3 atom stereocenters. The molecule has 3 heterocycles. The second kappa shape index (κ2) is 11.5. The highest BCUT2D eigenvalue weighted by Crippen LogP contribution is 2.48. The largest absolute Gasteiger partial charge is 0.444 e. The van der Waals surface area contributed by atoms with Crippen molar-refractivity contribution < 1.29 is 23.0 Å². The van der Waals surface area contributed by atoms with Crippen LogP contribution >= 0.6 is 35.0 Å². The van der Waals surface area contributed by atoms with Gasteiger partial charge in [-0.3, -0.25) is 4.57 Å². The molecule has 2 aromatic carbocycles. The first-order valence-corrected chi connectivity index (χ1v) is 15.3. The summed E-state index contributed by atoms with van der Waals surface area (Å²) in [7, 11) is 1.56. The maximum absolute atomic E-state index is 15.2. The van der Waals surface area contributed by atoms with Gasteiger partial charge in [0.05, 0.1) is 28.2 Å². The van der Waals surface area contributed by atoms with Crippen LogP contribution in [-0.4, -0.2) is 70.8 Å². The number of ether oxygens (including phenoxy) is 2. The van der Waals surface area contributed by atoms with Crippen molar-refractivity contribution in [3.63, 3.8) is 0 Å². The smallest absolute Gasteiger partial charge is 0.410 e. The summed E-state index contributed by atoms with van der Waals surface area (Å²) in [4.78, 5) is 35.4. The number of nitrogens with zero attached hydrogens (tertiary/aromatic N) is 4. The molecule has 1 saturated heterocycles. The lowest BCUT2D eigenvalue weighted by Gasteiger charge is -2.45. The summed E-state index contributed by atoms with van der Waals surface area (Å²) >= 11 is 14.3. The summed E-state index contributed by atoms with van der Waals surface area (Å²) in [5, 5.41) is 0.564. The van der Waals surface area contributed by atoms with E-state index in [-0.39, 0.29) is 40.3 Å². The first-order valence-electron chi connectivity index (χ1n) is 13.5. The number of halogens is 4. The first kappa shape index (κ1) is 30.8. The van der Waals surface area contributed by atoms with Gasteiger partial charge in [0, 0.05) is 65.5 Å². The van der Waals surface area contributed by atoms with Gasteiger partial charge in [0.25, 0.3) is 0 Å². The Morgan fingerprint density at radius 1 is 1.10 bits per heavy atom. The van der Waals surface area contributed by atoms with E-state index >= 15 is 4.39 Å². The van der Waals surface area contributed by atoms with Crippen LogP contribution in [0.25, 0.3) is 22.0 Å². The van der Waals surface area contributed by atoms with Crippen LogP contribution in [-0.2, 0) is 9.47 Å². The normalized spacial score (nSPS) is 20.8. The Morgan fingerprint density at radius 2 is 1.81 bits per heavy atom. The number of rotatable bonds is 4. The Labute approximate surface area is 256 Å². The SMILES string of the molecule is COC[C@H]1CSc2c(-c3cc(Cl)c(F)cc3F)c(Cl)cc3c(N4CC(C)N(C(=O)OC(C)(C)C)CC4C)nc(=O)n1c23. The number of anilines is 1. The molecule has 1 fully saturated rings. The number of amides is 1. The standard InChI is InChI=1S/C29H32Cl2F2N4O4S/c1-14-11-36(28(39)41-29(3,4)5)15(2)10-35(14)26-18-8-20(31)23(17-7-19(30)22(33)9-21(17)32)25-24(18)37(27(38)34-26)16(12-40-6)13-42-25/h7-9,14-16H,10-13H2,1-6H3/t14?,15?,16-/m0/s1. The molecule has 5 rings (SSSR count). The molecule has 2 unspecified atom stereocenters. The predicted octanol–water partition coefficient (Wildman–Crippen LogP) is 6.78. The van der Waals surface area contributed by atoms with Crippen molar-refractivity contribution in [3.05, 3.63) is 50.4 Å². The van der Waals surface area contributed by atoms with Gasteiger partial charge in [0.1, 0.15) is 23.1 Å². The summed E-state index contributed by atoms with van der Waals surface area (Å²) in [6.07, 6.45) is -0.405. The predicted molar refractivity (Wildman–Crippen MR) is 162 cm³/mol. The second-order valence-electron chi connectivity index (χ2n) is 11.7. The molecule has 1 aromatic heterocycles. The number of hydrogen-bond acceptors (Lipinski definition) is 7. The zero-order chi connectivity index (χ0) is 30.7. The van der Waals surface area contributed by atoms with Crippen molar-refractivity contribution in [1.82, 2.24) is 14.5 Å².